The molecule has 0 spiro atoms. The number of rotatable bonds is 6. The van der Waals surface area contributed by atoms with E-state index in [0.29, 0.717) is 28.0 Å². The highest BCUT2D eigenvalue weighted by Gasteiger charge is 2.30. The average Bonchev–Trinajstić information content (AvgIpc) is 3.54. The van der Waals surface area contributed by atoms with E-state index in [0.717, 1.165) is 23.2 Å². The number of fused-ring (bicyclic) bond motifs is 1. The van der Waals surface area contributed by atoms with Crippen molar-refractivity contribution in [1.82, 2.24) is 19.6 Å². The van der Waals surface area contributed by atoms with E-state index in [4.69, 9.17) is 0 Å². The first-order chi connectivity index (χ1) is 16.4. The van der Waals surface area contributed by atoms with E-state index in [1.807, 2.05) is 0 Å². The summed E-state index contributed by atoms with van der Waals surface area (Å²) in [4.78, 5) is 37.4. The molecule has 1 aliphatic carbocycles. The van der Waals surface area contributed by atoms with Crippen LogP contribution in [0, 0.1) is 5.82 Å². The molecule has 2 N–H and O–H groups in total. The molecule has 0 aliphatic heterocycles. The monoisotopic (exact) mass is 460 g/mol. The van der Waals surface area contributed by atoms with E-state index < -0.39 is 17.3 Å². The van der Waals surface area contributed by atoms with Crippen LogP contribution in [-0.2, 0) is 16.1 Å². The molecule has 4 aromatic rings. The lowest BCUT2D eigenvalue weighted by molar-refractivity contribution is -0.117. The lowest BCUT2D eigenvalue weighted by atomic mass is 10.2. The number of aromatic nitrogens is 4. The highest BCUT2D eigenvalue weighted by Crippen LogP contribution is 2.41. The number of carbonyl (C=O) groups excluding carboxylic acids is 2. The van der Waals surface area contributed by atoms with E-state index in [9.17, 15) is 18.8 Å². The van der Waals surface area contributed by atoms with Gasteiger partial charge in [-0.3, -0.25) is 14.4 Å². The summed E-state index contributed by atoms with van der Waals surface area (Å²) in [6.07, 6.45) is 3.49. The summed E-state index contributed by atoms with van der Waals surface area (Å²) < 4.78 is 16.0. The second-order valence-corrected chi connectivity index (χ2v) is 8.23. The highest BCUT2D eigenvalue weighted by molar-refractivity contribution is 5.93. The van der Waals surface area contributed by atoms with Crippen LogP contribution in [0.4, 0.5) is 15.8 Å². The van der Waals surface area contributed by atoms with Crippen molar-refractivity contribution in [2.75, 3.05) is 10.6 Å². The first kappa shape index (κ1) is 21.5. The van der Waals surface area contributed by atoms with Crippen LogP contribution in [-0.4, -0.2) is 31.4 Å². The third-order valence-electron chi connectivity index (χ3n) is 5.51. The van der Waals surface area contributed by atoms with E-state index in [1.165, 1.54) is 35.9 Å². The van der Waals surface area contributed by atoms with Crippen molar-refractivity contribution < 1.29 is 14.0 Å². The summed E-state index contributed by atoms with van der Waals surface area (Å²) in [7, 11) is 0. The van der Waals surface area contributed by atoms with Gasteiger partial charge in [0.15, 0.2) is 0 Å². The standard InChI is InChI=1S/C24H21FN6O3/c1-14(32)27-17-3-2-4-18(11-17)28-21(33)13-30-24(34)23-20(22(29-30)15-5-6-15)12-26-31(23)19-9-7-16(25)8-10-19/h2-4,7-12,15H,5-6,13H2,1H3,(H,27,32)(H,28,33). The molecule has 0 radical (unpaired) electrons. The summed E-state index contributed by atoms with van der Waals surface area (Å²) in [5, 5.41) is 14.9. The van der Waals surface area contributed by atoms with Crippen molar-refractivity contribution in [1.29, 1.82) is 0 Å². The molecule has 0 bridgehead atoms. The van der Waals surface area contributed by atoms with E-state index in [1.54, 1.807) is 30.5 Å². The topological polar surface area (TPSA) is 111 Å². The Labute approximate surface area is 193 Å². The van der Waals surface area contributed by atoms with Crippen molar-refractivity contribution in [2.24, 2.45) is 0 Å². The number of hydrogen-bond donors (Lipinski definition) is 2. The number of anilines is 2. The van der Waals surface area contributed by atoms with Crippen LogP contribution in [0.1, 0.15) is 31.4 Å². The molecule has 2 aromatic heterocycles. The zero-order valence-electron chi connectivity index (χ0n) is 18.3. The maximum atomic E-state index is 13.4. The van der Waals surface area contributed by atoms with Gasteiger partial charge in [0.1, 0.15) is 17.9 Å². The minimum Gasteiger partial charge on any atom is -0.326 e. The summed E-state index contributed by atoms with van der Waals surface area (Å²) in [5.74, 6) is -0.851. The Morgan fingerprint density at radius 3 is 2.47 bits per heavy atom. The van der Waals surface area contributed by atoms with Gasteiger partial charge in [0.2, 0.25) is 11.8 Å². The van der Waals surface area contributed by atoms with Crippen LogP contribution in [0.3, 0.4) is 0 Å². The average molecular weight is 460 g/mol. The Morgan fingerprint density at radius 1 is 1.09 bits per heavy atom. The van der Waals surface area contributed by atoms with Crippen molar-refractivity contribution in [2.45, 2.75) is 32.2 Å². The number of nitrogens with zero attached hydrogens (tertiary/aromatic N) is 4. The molecule has 10 heteroatoms. The van der Waals surface area contributed by atoms with Gasteiger partial charge in [-0.2, -0.15) is 10.2 Å². The van der Waals surface area contributed by atoms with Gasteiger partial charge in [-0.15, -0.1) is 0 Å². The molecule has 0 atom stereocenters. The Hall–Kier alpha value is -4.34. The number of benzene rings is 2. The van der Waals surface area contributed by atoms with Crippen LogP contribution in [0.5, 0.6) is 0 Å². The van der Waals surface area contributed by atoms with Crippen LogP contribution in [0.2, 0.25) is 0 Å². The zero-order valence-corrected chi connectivity index (χ0v) is 18.3. The summed E-state index contributed by atoms with van der Waals surface area (Å²) in [5.41, 5.74) is 2.10. The normalized spacial score (nSPS) is 13.1. The molecule has 1 saturated carbocycles. The first-order valence-electron chi connectivity index (χ1n) is 10.8. The summed E-state index contributed by atoms with van der Waals surface area (Å²) in [6, 6.07) is 12.4. The number of halogens is 1. The number of nitrogens with one attached hydrogen (secondary N) is 2. The highest BCUT2D eigenvalue weighted by atomic mass is 19.1. The quantitative estimate of drug-likeness (QED) is 0.459. The molecule has 0 unspecified atom stereocenters. The number of hydrogen-bond acceptors (Lipinski definition) is 5. The maximum absolute atomic E-state index is 13.4. The van der Waals surface area contributed by atoms with Gasteiger partial charge in [0, 0.05) is 29.6 Å². The Kier molecular flexibility index (Phi) is 5.40. The van der Waals surface area contributed by atoms with Crippen molar-refractivity contribution in [3.63, 3.8) is 0 Å². The first-order valence-corrected chi connectivity index (χ1v) is 10.8. The smallest absolute Gasteiger partial charge is 0.293 e. The Bertz CT molecular complexity index is 1470. The third kappa shape index (κ3) is 4.29. The fraction of sp³-hybridized carbons (Fsp3) is 0.208. The van der Waals surface area contributed by atoms with E-state index in [-0.39, 0.29) is 18.4 Å². The molecule has 0 saturated heterocycles. The zero-order chi connectivity index (χ0) is 23.8. The van der Waals surface area contributed by atoms with Crippen LogP contribution < -0.4 is 16.2 Å². The van der Waals surface area contributed by atoms with Crippen molar-refractivity contribution in [3.05, 3.63) is 76.6 Å². The minimum atomic E-state index is -0.469. The molecule has 172 valence electrons. The number of carbonyl (C=O) groups is 2. The van der Waals surface area contributed by atoms with E-state index in [2.05, 4.69) is 20.8 Å². The molecule has 1 aliphatic rings. The molecule has 2 amide bonds. The Balaban J connectivity index is 1.49. The lowest BCUT2D eigenvalue weighted by Crippen LogP contribution is -2.31. The van der Waals surface area contributed by atoms with E-state index >= 15 is 0 Å². The SMILES string of the molecule is CC(=O)Nc1cccc(NC(=O)Cn2nc(C3CC3)c3cnn(-c4ccc(F)cc4)c3c2=O)c1. The molecule has 2 aromatic carbocycles. The lowest BCUT2D eigenvalue weighted by Gasteiger charge is -2.11. The molecule has 1 fully saturated rings. The number of amides is 2. The van der Waals surface area contributed by atoms with Gasteiger partial charge in [-0.05, 0) is 55.3 Å². The van der Waals surface area contributed by atoms with Crippen LogP contribution >= 0.6 is 0 Å². The molecular formula is C24H21FN6O3. The molecule has 9 nitrogen and oxygen atoms in total. The molecular weight excluding hydrogens is 439 g/mol. The van der Waals surface area contributed by atoms with Crippen molar-refractivity contribution in [3.8, 4) is 5.69 Å². The predicted octanol–water partition coefficient (Wildman–Crippen LogP) is 3.20. The van der Waals surface area contributed by atoms with Gasteiger partial charge in [-0.25, -0.2) is 13.8 Å². The van der Waals surface area contributed by atoms with Crippen LogP contribution in [0.15, 0.2) is 59.5 Å². The largest absolute Gasteiger partial charge is 0.326 e. The summed E-state index contributed by atoms with van der Waals surface area (Å²) in [6.45, 7) is 1.10. The fourth-order valence-electron chi connectivity index (χ4n) is 3.85. The summed E-state index contributed by atoms with van der Waals surface area (Å²) >= 11 is 0. The second kappa shape index (κ2) is 8.54. The van der Waals surface area contributed by atoms with Gasteiger partial charge in [0.05, 0.1) is 17.6 Å². The molecule has 2 heterocycles. The predicted molar refractivity (Wildman–Crippen MR) is 124 cm³/mol. The van der Waals surface area contributed by atoms with Crippen molar-refractivity contribution >= 4 is 34.1 Å². The Morgan fingerprint density at radius 2 is 1.79 bits per heavy atom. The molecule has 5 rings (SSSR count). The minimum absolute atomic E-state index is 0.206. The maximum Gasteiger partial charge on any atom is 0.293 e. The fourth-order valence-corrected chi connectivity index (χ4v) is 3.85. The van der Waals surface area contributed by atoms with Gasteiger partial charge < -0.3 is 10.6 Å². The third-order valence-corrected chi connectivity index (χ3v) is 5.51. The van der Waals surface area contributed by atoms with Gasteiger partial charge in [0.25, 0.3) is 5.56 Å². The van der Waals surface area contributed by atoms with Gasteiger partial charge in [-0.1, -0.05) is 6.07 Å². The molecule has 34 heavy (non-hydrogen) atoms. The van der Waals surface area contributed by atoms with Gasteiger partial charge >= 0.3 is 0 Å². The second-order valence-electron chi connectivity index (χ2n) is 8.23. The van der Waals surface area contributed by atoms with Crippen LogP contribution in [0.25, 0.3) is 16.6 Å².